The van der Waals surface area contributed by atoms with Gasteiger partial charge in [0.2, 0.25) is 5.91 Å². The third kappa shape index (κ3) is 4.52. The molecule has 0 unspecified atom stereocenters. The Morgan fingerprint density at radius 3 is 2.90 bits per heavy atom. The van der Waals surface area contributed by atoms with Crippen molar-refractivity contribution in [3.8, 4) is 0 Å². The van der Waals surface area contributed by atoms with Gasteiger partial charge in [0.25, 0.3) is 0 Å². The smallest absolute Gasteiger partial charge is 0.242 e. The molecule has 1 aromatic carbocycles. The predicted octanol–water partition coefficient (Wildman–Crippen LogP) is 2.37. The lowest BCUT2D eigenvalue weighted by Gasteiger charge is -2.16. The van der Waals surface area contributed by atoms with Gasteiger partial charge < -0.3 is 10.1 Å². The highest BCUT2D eigenvalue weighted by Gasteiger charge is 2.32. The van der Waals surface area contributed by atoms with Crippen molar-refractivity contribution in [1.29, 1.82) is 0 Å². The molecule has 0 saturated carbocycles. The number of benzene rings is 1. The van der Waals surface area contributed by atoms with Crippen LogP contribution in [0.1, 0.15) is 19.8 Å². The van der Waals surface area contributed by atoms with Crippen LogP contribution in [0.5, 0.6) is 0 Å². The lowest BCUT2D eigenvalue weighted by atomic mass is 10.3. The van der Waals surface area contributed by atoms with E-state index in [1.54, 1.807) is 18.2 Å². The fourth-order valence-electron chi connectivity index (χ4n) is 2.15. The highest BCUT2D eigenvalue weighted by Crippen LogP contribution is 2.19. The van der Waals surface area contributed by atoms with Crippen LogP contribution in [0.15, 0.2) is 28.7 Å². The van der Waals surface area contributed by atoms with Gasteiger partial charge in [0, 0.05) is 16.8 Å². The summed E-state index contributed by atoms with van der Waals surface area (Å²) >= 11 is 3.30. The standard InChI is InChI=1S/C14H18BrNO4S/c1-10(21(18,19)9-13-6-3-7-20-13)14(17)16-12-5-2-4-11(15)8-12/h2,4-5,8,10,13H,3,6-7,9H2,1H3,(H,16,17)/t10-,13+/m0/s1. The van der Waals surface area contributed by atoms with E-state index in [9.17, 15) is 13.2 Å². The summed E-state index contributed by atoms with van der Waals surface area (Å²) in [6, 6.07) is 7.03. The van der Waals surface area contributed by atoms with Crippen LogP contribution in [-0.2, 0) is 19.4 Å². The largest absolute Gasteiger partial charge is 0.377 e. The number of ether oxygens (including phenoxy) is 1. The second-order valence-electron chi connectivity index (χ2n) is 5.11. The van der Waals surface area contributed by atoms with E-state index in [4.69, 9.17) is 4.74 Å². The summed E-state index contributed by atoms with van der Waals surface area (Å²) in [6.45, 7) is 2.01. The number of hydrogen-bond acceptors (Lipinski definition) is 4. The number of nitrogens with one attached hydrogen (secondary N) is 1. The monoisotopic (exact) mass is 375 g/mol. The normalized spacial score (nSPS) is 20.2. The number of amides is 1. The molecule has 1 saturated heterocycles. The first-order valence-electron chi connectivity index (χ1n) is 6.78. The van der Waals surface area contributed by atoms with Gasteiger partial charge in [0.05, 0.1) is 11.9 Å². The molecule has 1 N–H and O–H groups in total. The minimum absolute atomic E-state index is 0.0972. The van der Waals surface area contributed by atoms with E-state index in [2.05, 4.69) is 21.2 Å². The minimum atomic E-state index is -3.52. The molecule has 0 bridgehead atoms. The third-order valence-corrected chi connectivity index (χ3v) is 6.06. The number of hydrogen-bond donors (Lipinski definition) is 1. The first-order chi connectivity index (χ1) is 9.88. The number of carbonyl (C=O) groups excluding carboxylic acids is 1. The molecular weight excluding hydrogens is 358 g/mol. The molecule has 21 heavy (non-hydrogen) atoms. The molecule has 7 heteroatoms. The van der Waals surface area contributed by atoms with Crippen LogP contribution in [0.4, 0.5) is 5.69 Å². The molecule has 116 valence electrons. The van der Waals surface area contributed by atoms with E-state index in [0.29, 0.717) is 12.3 Å². The van der Waals surface area contributed by atoms with Gasteiger partial charge in [-0.2, -0.15) is 0 Å². The SMILES string of the molecule is C[C@@H](C(=O)Nc1cccc(Br)c1)S(=O)(=O)C[C@H]1CCCO1. The Balaban J connectivity index is 2.00. The number of sulfone groups is 1. The minimum Gasteiger partial charge on any atom is -0.377 e. The van der Waals surface area contributed by atoms with E-state index in [1.165, 1.54) is 6.92 Å². The van der Waals surface area contributed by atoms with E-state index < -0.39 is 21.0 Å². The van der Waals surface area contributed by atoms with E-state index >= 15 is 0 Å². The quantitative estimate of drug-likeness (QED) is 0.857. The van der Waals surface area contributed by atoms with Crippen LogP contribution in [0.3, 0.4) is 0 Å². The maximum Gasteiger partial charge on any atom is 0.242 e. The Hall–Kier alpha value is -0.920. The van der Waals surface area contributed by atoms with E-state index in [0.717, 1.165) is 17.3 Å². The van der Waals surface area contributed by atoms with Crippen molar-refractivity contribution < 1.29 is 17.9 Å². The molecule has 1 aliphatic rings. The van der Waals surface area contributed by atoms with E-state index in [-0.39, 0.29) is 11.9 Å². The highest BCUT2D eigenvalue weighted by atomic mass is 79.9. The first-order valence-corrected chi connectivity index (χ1v) is 9.29. The maximum atomic E-state index is 12.2. The van der Waals surface area contributed by atoms with Crippen molar-refractivity contribution >= 4 is 37.4 Å². The molecule has 0 spiro atoms. The molecular formula is C14H18BrNO4S. The Labute approximate surface area is 133 Å². The Bertz CT molecular complexity index is 611. The lowest BCUT2D eigenvalue weighted by molar-refractivity contribution is -0.115. The maximum absolute atomic E-state index is 12.2. The first kappa shape index (κ1) is 16.5. The average molecular weight is 376 g/mol. The number of halogens is 1. The van der Waals surface area contributed by atoms with Crippen LogP contribution in [-0.4, -0.2) is 38.0 Å². The molecule has 2 rings (SSSR count). The molecule has 1 aliphatic heterocycles. The average Bonchev–Trinajstić information content (AvgIpc) is 2.89. The predicted molar refractivity (Wildman–Crippen MR) is 85.0 cm³/mol. The Morgan fingerprint density at radius 2 is 2.29 bits per heavy atom. The van der Waals surface area contributed by atoms with Crippen molar-refractivity contribution in [3.63, 3.8) is 0 Å². The van der Waals surface area contributed by atoms with Crippen molar-refractivity contribution in [1.82, 2.24) is 0 Å². The second-order valence-corrected chi connectivity index (χ2v) is 8.39. The Kier molecular flexibility index (Phi) is 5.40. The zero-order valence-corrected chi connectivity index (χ0v) is 14.1. The summed E-state index contributed by atoms with van der Waals surface area (Å²) < 4.78 is 30.6. The van der Waals surface area contributed by atoms with Crippen molar-refractivity contribution in [2.45, 2.75) is 31.1 Å². The topological polar surface area (TPSA) is 72.5 Å². The van der Waals surface area contributed by atoms with Crippen molar-refractivity contribution in [2.24, 2.45) is 0 Å². The van der Waals surface area contributed by atoms with Gasteiger partial charge in [0.15, 0.2) is 9.84 Å². The number of anilines is 1. The molecule has 0 aliphatic carbocycles. The highest BCUT2D eigenvalue weighted by molar-refractivity contribution is 9.10. The molecule has 1 aromatic rings. The molecule has 0 aromatic heterocycles. The lowest BCUT2D eigenvalue weighted by Crippen LogP contribution is -2.37. The van der Waals surface area contributed by atoms with Gasteiger partial charge in [-0.3, -0.25) is 4.79 Å². The zero-order chi connectivity index (χ0) is 15.5. The second kappa shape index (κ2) is 6.89. The van der Waals surface area contributed by atoms with Crippen LogP contribution in [0.25, 0.3) is 0 Å². The van der Waals surface area contributed by atoms with E-state index in [1.807, 2.05) is 6.07 Å². The fraction of sp³-hybridized carbons (Fsp3) is 0.500. The van der Waals surface area contributed by atoms with Crippen molar-refractivity contribution in [2.75, 3.05) is 17.7 Å². The summed E-state index contributed by atoms with van der Waals surface area (Å²) in [7, 11) is -3.52. The molecule has 1 amide bonds. The molecule has 1 heterocycles. The summed E-state index contributed by atoms with van der Waals surface area (Å²) in [5, 5.41) is 1.53. The number of carbonyl (C=O) groups is 1. The third-order valence-electron chi connectivity index (χ3n) is 3.44. The van der Waals surface area contributed by atoms with Crippen molar-refractivity contribution in [3.05, 3.63) is 28.7 Å². The Morgan fingerprint density at radius 1 is 1.52 bits per heavy atom. The van der Waals surface area contributed by atoms with Gasteiger partial charge >= 0.3 is 0 Å². The van der Waals surface area contributed by atoms with Gasteiger partial charge in [-0.1, -0.05) is 22.0 Å². The summed E-state index contributed by atoms with van der Waals surface area (Å²) in [5.41, 5.74) is 0.563. The van der Waals surface area contributed by atoms with Crippen LogP contribution in [0.2, 0.25) is 0 Å². The summed E-state index contributed by atoms with van der Waals surface area (Å²) in [4.78, 5) is 12.1. The van der Waals surface area contributed by atoms with Crippen LogP contribution in [0, 0.1) is 0 Å². The van der Waals surface area contributed by atoms with Gasteiger partial charge in [-0.15, -0.1) is 0 Å². The fourth-order valence-corrected chi connectivity index (χ4v) is 4.01. The number of rotatable bonds is 5. The van der Waals surface area contributed by atoms with Crippen LogP contribution < -0.4 is 5.32 Å². The molecule has 0 radical (unpaired) electrons. The molecule has 5 nitrogen and oxygen atoms in total. The molecule has 1 fully saturated rings. The van der Waals surface area contributed by atoms with Gasteiger partial charge in [-0.25, -0.2) is 8.42 Å². The molecule has 2 atom stereocenters. The summed E-state index contributed by atoms with van der Waals surface area (Å²) in [6.07, 6.45) is 1.33. The van der Waals surface area contributed by atoms with Crippen LogP contribution >= 0.6 is 15.9 Å². The van der Waals surface area contributed by atoms with Gasteiger partial charge in [0.1, 0.15) is 5.25 Å². The summed E-state index contributed by atoms with van der Waals surface area (Å²) in [5.74, 6) is -0.619. The van der Waals surface area contributed by atoms with Gasteiger partial charge in [-0.05, 0) is 38.0 Å². The zero-order valence-electron chi connectivity index (χ0n) is 11.7.